The minimum Gasteiger partial charge on any atom is -0.310 e. The van der Waals surface area contributed by atoms with Gasteiger partial charge in [0.15, 0.2) is 12.5 Å². The van der Waals surface area contributed by atoms with Crippen molar-refractivity contribution < 1.29 is 4.90 Å². The SMILES string of the molecule is C[C@@H]1c2ccsc2CC[NH+]1Cn1nc(-c2ccccc2Cl)n(C)c1=S. The number of nitrogens with one attached hydrogen (secondary N) is 1. The maximum absolute atomic E-state index is 6.35. The predicted octanol–water partition coefficient (Wildman–Crippen LogP) is 3.49. The van der Waals surface area contributed by atoms with Crippen molar-refractivity contribution in [2.24, 2.45) is 7.05 Å². The van der Waals surface area contributed by atoms with E-state index in [1.54, 1.807) is 0 Å². The van der Waals surface area contributed by atoms with Crippen molar-refractivity contribution in [3.8, 4) is 11.4 Å². The lowest BCUT2D eigenvalue weighted by Gasteiger charge is -2.30. The minimum absolute atomic E-state index is 0.461. The molecule has 2 atom stereocenters. The quantitative estimate of drug-likeness (QED) is 0.692. The Hall–Kier alpha value is -1.47. The van der Waals surface area contributed by atoms with E-state index in [0.717, 1.165) is 35.8 Å². The lowest BCUT2D eigenvalue weighted by molar-refractivity contribution is -0.954. The molecule has 0 saturated heterocycles. The average molecular weight is 392 g/mol. The van der Waals surface area contributed by atoms with Gasteiger partial charge in [0, 0.05) is 29.5 Å². The Balaban J connectivity index is 1.66. The lowest BCUT2D eigenvalue weighted by atomic mass is 10.0. The third kappa shape index (κ3) is 2.97. The zero-order valence-electron chi connectivity index (χ0n) is 14.2. The third-order valence-corrected chi connectivity index (χ3v) is 6.85. The molecule has 1 N–H and O–H groups in total. The first-order valence-electron chi connectivity index (χ1n) is 8.36. The molecule has 0 fully saturated rings. The number of rotatable bonds is 3. The van der Waals surface area contributed by atoms with Gasteiger partial charge < -0.3 is 9.47 Å². The van der Waals surface area contributed by atoms with Gasteiger partial charge in [-0.1, -0.05) is 23.7 Å². The number of quaternary nitrogens is 1. The highest BCUT2D eigenvalue weighted by Gasteiger charge is 2.29. The fraction of sp³-hybridized carbons (Fsp3) is 0.333. The van der Waals surface area contributed by atoms with Crippen LogP contribution in [0.25, 0.3) is 11.4 Å². The first-order valence-corrected chi connectivity index (χ1v) is 10.0. The van der Waals surface area contributed by atoms with Crippen LogP contribution >= 0.6 is 35.2 Å². The molecule has 0 bridgehead atoms. The lowest BCUT2D eigenvalue weighted by Crippen LogP contribution is -3.12. The van der Waals surface area contributed by atoms with Crippen LogP contribution in [0.4, 0.5) is 0 Å². The molecular formula is C18H20ClN4S2+. The van der Waals surface area contributed by atoms with Crippen molar-refractivity contribution >= 4 is 35.2 Å². The van der Waals surface area contributed by atoms with Crippen molar-refractivity contribution in [1.82, 2.24) is 14.3 Å². The monoisotopic (exact) mass is 391 g/mol. The van der Waals surface area contributed by atoms with Gasteiger partial charge in [-0.2, -0.15) is 4.68 Å². The van der Waals surface area contributed by atoms with Crippen molar-refractivity contribution in [3.63, 3.8) is 0 Å². The zero-order valence-corrected chi connectivity index (χ0v) is 16.6. The normalized spacial score (nSPS) is 19.8. The van der Waals surface area contributed by atoms with Crippen molar-refractivity contribution in [2.45, 2.75) is 26.1 Å². The highest BCUT2D eigenvalue weighted by molar-refractivity contribution is 7.71. The number of thiophene rings is 1. The molecule has 3 heterocycles. The van der Waals surface area contributed by atoms with Crippen LogP contribution < -0.4 is 4.90 Å². The topological polar surface area (TPSA) is 27.2 Å². The Bertz CT molecular complexity index is 972. The van der Waals surface area contributed by atoms with Crippen LogP contribution in [0.15, 0.2) is 35.7 Å². The van der Waals surface area contributed by atoms with Gasteiger partial charge in [0.05, 0.1) is 11.6 Å². The molecule has 130 valence electrons. The highest BCUT2D eigenvalue weighted by atomic mass is 35.5. The van der Waals surface area contributed by atoms with Crippen LogP contribution in [0, 0.1) is 4.77 Å². The Morgan fingerprint density at radius 1 is 1.36 bits per heavy atom. The van der Waals surface area contributed by atoms with Gasteiger partial charge in [0.1, 0.15) is 6.04 Å². The molecule has 2 aromatic heterocycles. The van der Waals surface area contributed by atoms with Gasteiger partial charge in [-0.25, -0.2) is 0 Å². The number of fused-ring (bicyclic) bond motifs is 1. The maximum atomic E-state index is 6.35. The summed E-state index contributed by atoms with van der Waals surface area (Å²) in [5.74, 6) is 0.816. The number of halogens is 1. The van der Waals surface area contributed by atoms with Crippen LogP contribution in [-0.4, -0.2) is 20.9 Å². The Labute approximate surface area is 161 Å². The van der Waals surface area contributed by atoms with Crippen LogP contribution in [0.2, 0.25) is 5.02 Å². The summed E-state index contributed by atoms with van der Waals surface area (Å²) in [6, 6.07) is 10.5. The largest absolute Gasteiger partial charge is 0.310 e. The molecule has 0 radical (unpaired) electrons. The summed E-state index contributed by atoms with van der Waals surface area (Å²) >= 11 is 13.9. The van der Waals surface area contributed by atoms with Gasteiger partial charge in [-0.3, -0.25) is 0 Å². The second-order valence-corrected chi connectivity index (χ2v) is 8.25. The highest BCUT2D eigenvalue weighted by Crippen LogP contribution is 2.26. The Kier molecular flexibility index (Phi) is 4.54. The summed E-state index contributed by atoms with van der Waals surface area (Å²) in [6.45, 7) is 4.17. The standard InChI is InChI=1S/C18H19ClN4S2/c1-12-13-8-10-25-16(13)7-9-22(12)11-23-18(24)21(2)17(20-23)14-5-3-4-6-15(14)19/h3-6,8,10,12H,7,9,11H2,1-2H3/p+1/t12-/m1/s1. The molecule has 0 aliphatic carbocycles. The molecule has 1 aromatic carbocycles. The second kappa shape index (κ2) is 6.68. The summed E-state index contributed by atoms with van der Waals surface area (Å²) in [7, 11) is 1.95. The van der Waals surface area contributed by atoms with E-state index in [2.05, 4.69) is 18.4 Å². The first-order chi connectivity index (χ1) is 12.1. The molecule has 4 nitrogen and oxygen atoms in total. The van der Waals surface area contributed by atoms with E-state index in [4.69, 9.17) is 28.9 Å². The van der Waals surface area contributed by atoms with Gasteiger partial charge in [0.2, 0.25) is 4.77 Å². The van der Waals surface area contributed by atoms with Crippen molar-refractivity contribution in [1.29, 1.82) is 0 Å². The summed E-state index contributed by atoms with van der Waals surface area (Å²) in [5, 5.41) is 7.68. The average Bonchev–Trinajstić information content (AvgIpc) is 3.19. The van der Waals surface area contributed by atoms with E-state index in [1.807, 2.05) is 51.9 Å². The zero-order chi connectivity index (χ0) is 17.6. The van der Waals surface area contributed by atoms with E-state index in [0.29, 0.717) is 11.1 Å². The first kappa shape index (κ1) is 17.0. The van der Waals surface area contributed by atoms with E-state index in [9.17, 15) is 0 Å². The van der Waals surface area contributed by atoms with Crippen LogP contribution in [0.1, 0.15) is 23.4 Å². The summed E-state index contributed by atoms with van der Waals surface area (Å²) < 4.78 is 4.61. The molecule has 1 aliphatic heterocycles. The van der Waals surface area contributed by atoms with E-state index in [1.165, 1.54) is 15.3 Å². The molecule has 0 spiro atoms. The molecular weight excluding hydrogens is 372 g/mol. The Morgan fingerprint density at radius 3 is 2.96 bits per heavy atom. The maximum Gasteiger partial charge on any atom is 0.202 e. The molecule has 1 aliphatic rings. The molecule has 3 aromatic rings. The van der Waals surface area contributed by atoms with E-state index >= 15 is 0 Å². The molecule has 25 heavy (non-hydrogen) atoms. The van der Waals surface area contributed by atoms with E-state index in [-0.39, 0.29) is 0 Å². The second-order valence-electron chi connectivity index (χ2n) is 6.48. The van der Waals surface area contributed by atoms with Gasteiger partial charge in [-0.15, -0.1) is 16.4 Å². The fourth-order valence-corrected chi connectivity index (χ4v) is 4.92. The predicted molar refractivity (Wildman–Crippen MR) is 105 cm³/mol. The van der Waals surface area contributed by atoms with Crippen LogP contribution in [-0.2, 0) is 20.1 Å². The molecule has 7 heteroatoms. The molecule has 0 saturated carbocycles. The summed E-state index contributed by atoms with van der Waals surface area (Å²) in [5.41, 5.74) is 2.39. The van der Waals surface area contributed by atoms with Gasteiger partial charge in [-0.05, 0) is 42.7 Å². The van der Waals surface area contributed by atoms with E-state index < -0.39 is 0 Å². The number of nitrogens with zero attached hydrogens (tertiary/aromatic N) is 3. The van der Waals surface area contributed by atoms with Gasteiger partial charge >= 0.3 is 0 Å². The number of hydrogen-bond donors (Lipinski definition) is 1. The minimum atomic E-state index is 0.461. The number of benzene rings is 1. The summed E-state index contributed by atoms with van der Waals surface area (Å²) in [4.78, 5) is 3.02. The molecule has 1 unspecified atom stereocenters. The molecule has 0 amide bonds. The fourth-order valence-electron chi connectivity index (χ4n) is 3.53. The van der Waals surface area contributed by atoms with Crippen LogP contribution in [0.5, 0.6) is 0 Å². The van der Waals surface area contributed by atoms with Crippen molar-refractivity contribution in [2.75, 3.05) is 6.54 Å². The molecule has 4 rings (SSSR count). The van der Waals surface area contributed by atoms with Crippen LogP contribution in [0.3, 0.4) is 0 Å². The number of hydrogen-bond acceptors (Lipinski definition) is 3. The third-order valence-electron chi connectivity index (χ3n) is 5.04. The van der Waals surface area contributed by atoms with Gasteiger partial charge in [0.25, 0.3) is 0 Å². The number of aromatic nitrogens is 3. The van der Waals surface area contributed by atoms with Crippen molar-refractivity contribution in [3.05, 3.63) is 55.9 Å². The Morgan fingerprint density at radius 2 is 2.16 bits per heavy atom. The smallest absolute Gasteiger partial charge is 0.202 e. The summed E-state index contributed by atoms with van der Waals surface area (Å²) in [6.07, 6.45) is 1.13.